The van der Waals surface area contributed by atoms with Gasteiger partial charge >= 0.3 is 0 Å². The summed E-state index contributed by atoms with van der Waals surface area (Å²) >= 11 is 9.46. The second kappa shape index (κ2) is 11.3. The zero-order valence-corrected chi connectivity index (χ0v) is 19.5. The number of benzene rings is 2. The predicted molar refractivity (Wildman–Crippen MR) is 119 cm³/mol. The number of nitrogens with one attached hydrogen (secondary N) is 1. The molecular weight excluding hydrogens is 475 g/mol. The summed E-state index contributed by atoms with van der Waals surface area (Å²) in [5.41, 5.74) is 0.704. The summed E-state index contributed by atoms with van der Waals surface area (Å²) in [7, 11) is 0. The molecule has 2 rings (SSSR count). The molecule has 2 aromatic carbocycles. The molecule has 0 aliphatic heterocycles. The Hall–Kier alpha value is -2.12. The standard InChI is InChI=1S/C22H25BrClFN2O3/c1-14(2)11-26-22(29)15(3)27(12-16-4-7-18(25)8-5-16)21(28)13-30-20-9-6-17(23)10-19(20)24/h4-10,14-15H,11-13H2,1-3H3,(H,26,29)/t15-/m0/s1. The maximum atomic E-state index is 13.2. The van der Waals surface area contributed by atoms with E-state index in [1.165, 1.54) is 17.0 Å². The van der Waals surface area contributed by atoms with E-state index in [9.17, 15) is 14.0 Å². The monoisotopic (exact) mass is 498 g/mol. The number of carbonyl (C=O) groups excluding carboxylic acids is 2. The molecule has 0 saturated heterocycles. The zero-order chi connectivity index (χ0) is 22.3. The van der Waals surface area contributed by atoms with Gasteiger partial charge in [0.2, 0.25) is 5.91 Å². The Morgan fingerprint density at radius 1 is 1.17 bits per heavy atom. The Balaban J connectivity index is 2.14. The molecule has 0 saturated carbocycles. The van der Waals surface area contributed by atoms with E-state index in [4.69, 9.17) is 16.3 Å². The molecule has 0 radical (unpaired) electrons. The van der Waals surface area contributed by atoms with E-state index in [0.29, 0.717) is 22.9 Å². The highest BCUT2D eigenvalue weighted by Crippen LogP contribution is 2.27. The van der Waals surface area contributed by atoms with Crippen LogP contribution in [0.25, 0.3) is 0 Å². The van der Waals surface area contributed by atoms with Crippen LogP contribution in [0.1, 0.15) is 26.3 Å². The quantitative estimate of drug-likeness (QED) is 0.539. The number of ether oxygens (including phenoxy) is 1. The predicted octanol–water partition coefficient (Wildman–Crippen LogP) is 4.81. The fourth-order valence-electron chi connectivity index (χ4n) is 2.64. The summed E-state index contributed by atoms with van der Waals surface area (Å²) in [5, 5.41) is 3.21. The van der Waals surface area contributed by atoms with Crippen LogP contribution in [0.2, 0.25) is 5.02 Å². The Bertz CT molecular complexity index is 877. The van der Waals surface area contributed by atoms with Crippen LogP contribution in [0.15, 0.2) is 46.9 Å². The fourth-order valence-corrected chi connectivity index (χ4v) is 3.36. The van der Waals surface area contributed by atoms with Crippen LogP contribution >= 0.6 is 27.5 Å². The van der Waals surface area contributed by atoms with E-state index >= 15 is 0 Å². The average molecular weight is 500 g/mol. The van der Waals surface area contributed by atoms with Crippen molar-refractivity contribution in [1.29, 1.82) is 0 Å². The minimum absolute atomic E-state index is 0.146. The van der Waals surface area contributed by atoms with E-state index in [1.807, 2.05) is 13.8 Å². The van der Waals surface area contributed by atoms with Crippen LogP contribution in [0.5, 0.6) is 5.75 Å². The lowest BCUT2D eigenvalue weighted by Crippen LogP contribution is -2.49. The van der Waals surface area contributed by atoms with Crippen molar-refractivity contribution in [2.24, 2.45) is 5.92 Å². The molecule has 1 atom stereocenters. The number of hydrogen-bond donors (Lipinski definition) is 1. The highest BCUT2D eigenvalue weighted by Gasteiger charge is 2.26. The van der Waals surface area contributed by atoms with Gasteiger partial charge in [0.1, 0.15) is 17.6 Å². The lowest BCUT2D eigenvalue weighted by atomic mass is 10.1. The SMILES string of the molecule is CC(C)CNC(=O)[C@H](C)N(Cc1ccc(F)cc1)C(=O)COc1ccc(Br)cc1Cl. The van der Waals surface area contributed by atoms with Crippen molar-refractivity contribution in [1.82, 2.24) is 10.2 Å². The van der Waals surface area contributed by atoms with Gasteiger partial charge in [-0.15, -0.1) is 0 Å². The summed E-state index contributed by atoms with van der Waals surface area (Å²) in [4.78, 5) is 26.9. The van der Waals surface area contributed by atoms with Crippen molar-refractivity contribution in [3.8, 4) is 5.75 Å². The molecule has 0 unspecified atom stereocenters. The van der Waals surface area contributed by atoms with Gasteiger partial charge in [-0.25, -0.2) is 4.39 Å². The van der Waals surface area contributed by atoms with Gasteiger partial charge in [-0.3, -0.25) is 9.59 Å². The highest BCUT2D eigenvalue weighted by atomic mass is 79.9. The number of hydrogen-bond acceptors (Lipinski definition) is 3. The smallest absolute Gasteiger partial charge is 0.261 e. The number of nitrogens with zero attached hydrogens (tertiary/aromatic N) is 1. The van der Waals surface area contributed by atoms with Crippen molar-refractivity contribution in [3.63, 3.8) is 0 Å². The third-order valence-electron chi connectivity index (χ3n) is 4.36. The van der Waals surface area contributed by atoms with E-state index < -0.39 is 6.04 Å². The first-order valence-electron chi connectivity index (χ1n) is 9.57. The molecule has 0 fully saturated rings. The molecule has 2 aromatic rings. The van der Waals surface area contributed by atoms with E-state index in [0.717, 1.165) is 4.47 Å². The second-order valence-corrected chi connectivity index (χ2v) is 8.65. The molecular formula is C22H25BrClFN2O3. The van der Waals surface area contributed by atoms with Crippen LogP contribution in [-0.2, 0) is 16.1 Å². The average Bonchev–Trinajstić information content (AvgIpc) is 2.70. The topological polar surface area (TPSA) is 58.6 Å². The third-order valence-corrected chi connectivity index (χ3v) is 5.15. The first kappa shape index (κ1) is 24.2. The largest absolute Gasteiger partial charge is 0.482 e. The molecule has 0 aromatic heterocycles. The summed E-state index contributed by atoms with van der Waals surface area (Å²) in [6.07, 6.45) is 0. The molecule has 0 aliphatic carbocycles. The molecule has 0 spiro atoms. The molecule has 30 heavy (non-hydrogen) atoms. The third kappa shape index (κ3) is 7.29. The van der Waals surface area contributed by atoms with Gasteiger partial charge in [-0.05, 0) is 48.7 Å². The molecule has 0 heterocycles. The van der Waals surface area contributed by atoms with Crippen molar-refractivity contribution < 1.29 is 18.7 Å². The molecule has 2 amide bonds. The van der Waals surface area contributed by atoms with E-state index in [-0.39, 0.29) is 36.7 Å². The van der Waals surface area contributed by atoms with Gasteiger partial charge in [0.05, 0.1) is 5.02 Å². The van der Waals surface area contributed by atoms with Crippen LogP contribution < -0.4 is 10.1 Å². The van der Waals surface area contributed by atoms with Crippen molar-refractivity contribution in [3.05, 3.63) is 63.3 Å². The molecule has 162 valence electrons. The van der Waals surface area contributed by atoms with Crippen LogP contribution in [0.3, 0.4) is 0 Å². The highest BCUT2D eigenvalue weighted by molar-refractivity contribution is 9.10. The van der Waals surface area contributed by atoms with Crippen molar-refractivity contribution >= 4 is 39.3 Å². The Kier molecular flexibility index (Phi) is 9.11. The van der Waals surface area contributed by atoms with E-state index in [2.05, 4.69) is 21.2 Å². The molecule has 0 aliphatic rings. The maximum Gasteiger partial charge on any atom is 0.261 e. The van der Waals surface area contributed by atoms with Gasteiger partial charge in [0, 0.05) is 17.6 Å². The molecule has 1 N–H and O–H groups in total. The number of rotatable bonds is 9. The minimum atomic E-state index is -0.731. The van der Waals surface area contributed by atoms with Gasteiger partial charge in [0.15, 0.2) is 6.61 Å². The van der Waals surface area contributed by atoms with Crippen LogP contribution in [0.4, 0.5) is 4.39 Å². The number of amides is 2. The molecule has 0 bridgehead atoms. The number of halogens is 3. The Morgan fingerprint density at radius 3 is 2.43 bits per heavy atom. The minimum Gasteiger partial charge on any atom is -0.482 e. The normalized spacial score (nSPS) is 11.8. The Labute approximate surface area is 189 Å². The maximum absolute atomic E-state index is 13.2. The van der Waals surface area contributed by atoms with Gasteiger partial charge in [-0.1, -0.05) is 53.5 Å². The Morgan fingerprint density at radius 2 is 1.83 bits per heavy atom. The summed E-state index contributed by atoms with van der Waals surface area (Å²) < 4.78 is 19.6. The summed E-state index contributed by atoms with van der Waals surface area (Å²) in [6, 6.07) is 10.2. The fraction of sp³-hybridized carbons (Fsp3) is 0.364. The summed E-state index contributed by atoms with van der Waals surface area (Å²) in [5.74, 6) is -0.365. The lowest BCUT2D eigenvalue weighted by Gasteiger charge is -2.29. The molecule has 5 nitrogen and oxygen atoms in total. The van der Waals surface area contributed by atoms with Gasteiger partial charge in [0.25, 0.3) is 5.91 Å². The number of carbonyl (C=O) groups is 2. The lowest BCUT2D eigenvalue weighted by molar-refractivity contribution is -0.142. The summed E-state index contributed by atoms with van der Waals surface area (Å²) in [6.45, 7) is 6.00. The van der Waals surface area contributed by atoms with Crippen molar-refractivity contribution in [2.45, 2.75) is 33.4 Å². The van der Waals surface area contributed by atoms with Gasteiger partial charge in [-0.2, -0.15) is 0 Å². The zero-order valence-electron chi connectivity index (χ0n) is 17.1. The van der Waals surface area contributed by atoms with Crippen molar-refractivity contribution in [2.75, 3.05) is 13.2 Å². The van der Waals surface area contributed by atoms with Crippen LogP contribution in [0, 0.1) is 11.7 Å². The molecule has 8 heteroatoms. The van der Waals surface area contributed by atoms with E-state index in [1.54, 1.807) is 37.3 Å². The first-order chi connectivity index (χ1) is 14.2. The first-order valence-corrected chi connectivity index (χ1v) is 10.7. The second-order valence-electron chi connectivity index (χ2n) is 7.33. The van der Waals surface area contributed by atoms with Gasteiger partial charge < -0.3 is 15.0 Å². The van der Waals surface area contributed by atoms with Crippen LogP contribution in [-0.4, -0.2) is 35.9 Å².